The van der Waals surface area contributed by atoms with E-state index < -0.39 is 0 Å². The molecule has 0 saturated heterocycles. The molecule has 1 amide bonds. The zero-order valence-corrected chi connectivity index (χ0v) is 15.1. The number of amides is 1. The SMILES string of the molecule is COCCn1c(SCC(=O)Nc2ccccc2)nnc1-c1ccccn1. The van der Waals surface area contributed by atoms with Gasteiger partial charge in [0.2, 0.25) is 5.91 Å². The van der Waals surface area contributed by atoms with Gasteiger partial charge in [0.05, 0.1) is 18.9 Å². The summed E-state index contributed by atoms with van der Waals surface area (Å²) in [6, 6.07) is 15.0. The second kappa shape index (κ2) is 9.12. The standard InChI is InChI=1S/C18H19N5O2S/c1-25-12-11-23-17(15-9-5-6-10-19-15)21-22-18(23)26-13-16(24)20-14-7-3-2-4-8-14/h2-10H,11-13H2,1H3,(H,20,24). The molecule has 0 aliphatic carbocycles. The van der Waals surface area contributed by atoms with Crippen LogP contribution in [-0.2, 0) is 16.1 Å². The first-order chi connectivity index (χ1) is 12.8. The Bertz CT molecular complexity index is 839. The molecule has 1 N–H and O–H groups in total. The lowest BCUT2D eigenvalue weighted by atomic mass is 10.3. The smallest absolute Gasteiger partial charge is 0.234 e. The summed E-state index contributed by atoms with van der Waals surface area (Å²) in [6.45, 7) is 1.10. The number of hydrogen-bond acceptors (Lipinski definition) is 6. The molecule has 1 aromatic carbocycles. The zero-order chi connectivity index (χ0) is 18.2. The molecule has 0 radical (unpaired) electrons. The molecule has 134 valence electrons. The van der Waals surface area contributed by atoms with Crippen molar-refractivity contribution >= 4 is 23.4 Å². The highest BCUT2D eigenvalue weighted by Gasteiger charge is 2.16. The number of carbonyl (C=O) groups excluding carboxylic acids is 1. The summed E-state index contributed by atoms with van der Waals surface area (Å²) in [5.74, 6) is 0.804. The highest BCUT2D eigenvalue weighted by molar-refractivity contribution is 7.99. The first-order valence-corrected chi connectivity index (χ1v) is 9.07. The molecule has 0 spiro atoms. The minimum absolute atomic E-state index is 0.0955. The topological polar surface area (TPSA) is 81.9 Å². The molecule has 3 rings (SSSR count). The maximum atomic E-state index is 12.2. The van der Waals surface area contributed by atoms with Gasteiger partial charge in [0.25, 0.3) is 0 Å². The Labute approximate surface area is 155 Å². The molecule has 7 nitrogen and oxygen atoms in total. The molecule has 0 aliphatic rings. The molecule has 0 atom stereocenters. The van der Waals surface area contributed by atoms with E-state index in [0.29, 0.717) is 24.1 Å². The van der Waals surface area contributed by atoms with E-state index in [1.165, 1.54) is 11.8 Å². The second-order valence-electron chi connectivity index (χ2n) is 5.37. The van der Waals surface area contributed by atoms with Gasteiger partial charge in [-0.1, -0.05) is 36.0 Å². The van der Waals surface area contributed by atoms with Crippen molar-refractivity contribution in [1.82, 2.24) is 19.7 Å². The van der Waals surface area contributed by atoms with Crippen molar-refractivity contribution in [2.45, 2.75) is 11.7 Å². The van der Waals surface area contributed by atoms with Crippen LogP contribution in [0, 0.1) is 0 Å². The van der Waals surface area contributed by atoms with Crippen LogP contribution in [0.4, 0.5) is 5.69 Å². The van der Waals surface area contributed by atoms with Crippen LogP contribution >= 0.6 is 11.8 Å². The van der Waals surface area contributed by atoms with Crippen molar-refractivity contribution in [3.05, 3.63) is 54.7 Å². The van der Waals surface area contributed by atoms with Crippen molar-refractivity contribution in [1.29, 1.82) is 0 Å². The summed E-state index contributed by atoms with van der Waals surface area (Å²) in [6.07, 6.45) is 1.71. The molecule has 0 saturated carbocycles. The number of nitrogens with zero attached hydrogens (tertiary/aromatic N) is 4. The fourth-order valence-electron chi connectivity index (χ4n) is 2.31. The van der Waals surface area contributed by atoms with Gasteiger partial charge in [-0.25, -0.2) is 0 Å². The van der Waals surface area contributed by atoms with Gasteiger partial charge in [-0.3, -0.25) is 14.3 Å². The van der Waals surface area contributed by atoms with E-state index in [-0.39, 0.29) is 11.7 Å². The number of aromatic nitrogens is 4. The summed E-state index contributed by atoms with van der Waals surface area (Å²) < 4.78 is 7.10. The number of methoxy groups -OCH3 is 1. The Morgan fingerprint density at radius 2 is 1.96 bits per heavy atom. The van der Waals surface area contributed by atoms with Crippen molar-refractivity contribution in [3.63, 3.8) is 0 Å². The minimum atomic E-state index is -0.0955. The fourth-order valence-corrected chi connectivity index (χ4v) is 3.08. The van der Waals surface area contributed by atoms with Crippen LogP contribution in [-0.4, -0.2) is 45.1 Å². The van der Waals surface area contributed by atoms with Crippen LogP contribution < -0.4 is 5.32 Å². The molecule has 2 heterocycles. The van der Waals surface area contributed by atoms with Crippen LogP contribution in [0.3, 0.4) is 0 Å². The van der Waals surface area contributed by atoms with Gasteiger partial charge < -0.3 is 10.1 Å². The van der Waals surface area contributed by atoms with E-state index in [2.05, 4.69) is 20.5 Å². The van der Waals surface area contributed by atoms with Crippen molar-refractivity contribution in [3.8, 4) is 11.5 Å². The van der Waals surface area contributed by atoms with Gasteiger partial charge in [-0.15, -0.1) is 10.2 Å². The largest absolute Gasteiger partial charge is 0.383 e. The molecule has 3 aromatic rings. The number of nitrogens with one attached hydrogen (secondary N) is 1. The molecule has 8 heteroatoms. The average Bonchev–Trinajstić information content (AvgIpc) is 3.09. The number of para-hydroxylation sites is 1. The zero-order valence-electron chi connectivity index (χ0n) is 14.3. The summed E-state index contributed by atoms with van der Waals surface area (Å²) in [5, 5.41) is 12.0. The van der Waals surface area contributed by atoms with Crippen molar-refractivity contribution < 1.29 is 9.53 Å². The molecule has 0 unspecified atom stereocenters. The third kappa shape index (κ3) is 4.68. The maximum Gasteiger partial charge on any atom is 0.234 e. The molecule has 0 fully saturated rings. The van der Waals surface area contributed by atoms with Crippen LogP contribution in [0.25, 0.3) is 11.5 Å². The molecule has 0 aliphatic heterocycles. The number of anilines is 1. The van der Waals surface area contributed by atoms with Crippen LogP contribution in [0.2, 0.25) is 0 Å². The Kier molecular flexibility index (Phi) is 6.34. The quantitative estimate of drug-likeness (QED) is 0.615. The van der Waals surface area contributed by atoms with Gasteiger partial charge in [0, 0.05) is 19.0 Å². The average molecular weight is 369 g/mol. The fraction of sp³-hybridized carbons (Fsp3) is 0.222. The van der Waals surface area contributed by atoms with Gasteiger partial charge in [-0.2, -0.15) is 0 Å². The predicted octanol–water partition coefficient (Wildman–Crippen LogP) is 2.72. The Morgan fingerprint density at radius 1 is 1.15 bits per heavy atom. The molecular weight excluding hydrogens is 350 g/mol. The molecule has 2 aromatic heterocycles. The number of rotatable bonds is 8. The maximum absolute atomic E-state index is 12.2. The van der Waals surface area contributed by atoms with E-state index in [9.17, 15) is 4.79 Å². The Hall–Kier alpha value is -2.71. The van der Waals surface area contributed by atoms with Gasteiger partial charge in [-0.05, 0) is 24.3 Å². The highest BCUT2D eigenvalue weighted by atomic mass is 32.2. The van der Waals surface area contributed by atoms with Gasteiger partial charge in [0.1, 0.15) is 5.69 Å². The number of pyridine rings is 1. The summed E-state index contributed by atoms with van der Waals surface area (Å²) in [5.41, 5.74) is 1.50. The Morgan fingerprint density at radius 3 is 2.69 bits per heavy atom. The first kappa shape index (κ1) is 18.1. The lowest BCUT2D eigenvalue weighted by Crippen LogP contribution is -2.15. The van der Waals surface area contributed by atoms with Crippen LogP contribution in [0.15, 0.2) is 59.9 Å². The summed E-state index contributed by atoms with van der Waals surface area (Å²) >= 11 is 1.33. The van der Waals surface area contributed by atoms with E-state index in [0.717, 1.165) is 11.4 Å². The third-order valence-electron chi connectivity index (χ3n) is 3.52. The summed E-state index contributed by atoms with van der Waals surface area (Å²) in [7, 11) is 1.64. The van der Waals surface area contributed by atoms with E-state index in [1.54, 1.807) is 13.3 Å². The van der Waals surface area contributed by atoms with Gasteiger partial charge in [0.15, 0.2) is 11.0 Å². The van der Waals surface area contributed by atoms with Crippen molar-refractivity contribution in [2.75, 3.05) is 24.8 Å². The van der Waals surface area contributed by atoms with Crippen LogP contribution in [0.1, 0.15) is 0 Å². The van der Waals surface area contributed by atoms with Crippen molar-refractivity contribution in [2.24, 2.45) is 0 Å². The number of benzene rings is 1. The normalized spacial score (nSPS) is 10.7. The lowest BCUT2D eigenvalue weighted by Gasteiger charge is -2.09. The van der Waals surface area contributed by atoms with Crippen LogP contribution in [0.5, 0.6) is 0 Å². The number of hydrogen-bond donors (Lipinski definition) is 1. The molecular formula is C18H19N5O2S. The predicted molar refractivity (Wildman–Crippen MR) is 101 cm³/mol. The van der Waals surface area contributed by atoms with E-state index >= 15 is 0 Å². The molecule has 26 heavy (non-hydrogen) atoms. The van der Waals surface area contributed by atoms with E-state index in [1.807, 2.05) is 53.1 Å². The first-order valence-electron chi connectivity index (χ1n) is 8.09. The summed E-state index contributed by atoms with van der Waals surface area (Å²) in [4.78, 5) is 16.5. The number of ether oxygens (including phenoxy) is 1. The monoisotopic (exact) mass is 369 g/mol. The molecule has 0 bridgehead atoms. The Balaban J connectivity index is 1.71. The minimum Gasteiger partial charge on any atom is -0.383 e. The second-order valence-corrected chi connectivity index (χ2v) is 6.31. The lowest BCUT2D eigenvalue weighted by molar-refractivity contribution is -0.113. The highest BCUT2D eigenvalue weighted by Crippen LogP contribution is 2.22. The van der Waals surface area contributed by atoms with Gasteiger partial charge >= 0.3 is 0 Å². The third-order valence-corrected chi connectivity index (χ3v) is 4.49. The number of carbonyl (C=O) groups is 1. The number of thioether (sulfide) groups is 1. The van der Waals surface area contributed by atoms with E-state index in [4.69, 9.17) is 4.74 Å².